The molecule has 0 fully saturated rings. The van der Waals surface area contributed by atoms with Crippen LogP contribution in [0.5, 0.6) is 0 Å². The van der Waals surface area contributed by atoms with Crippen LogP contribution in [0.1, 0.15) is 59.8 Å². The van der Waals surface area contributed by atoms with Crippen molar-refractivity contribution >= 4 is 11.9 Å². The fraction of sp³-hybridized carbons (Fsp3) is 0.857. The van der Waals surface area contributed by atoms with Crippen molar-refractivity contribution in [2.24, 2.45) is 11.8 Å². The number of rotatable bonds is 9. The van der Waals surface area contributed by atoms with Crippen molar-refractivity contribution in [3.63, 3.8) is 0 Å². The number of carbonyl (C=O) groups excluding carboxylic acids is 1. The lowest BCUT2D eigenvalue weighted by molar-refractivity contribution is -0.142. The van der Waals surface area contributed by atoms with Crippen molar-refractivity contribution in [3.05, 3.63) is 0 Å². The lowest BCUT2D eigenvalue weighted by atomic mass is 9.95. The van der Waals surface area contributed by atoms with Crippen LogP contribution in [0, 0.1) is 11.8 Å². The first-order valence-electron chi connectivity index (χ1n) is 6.88. The van der Waals surface area contributed by atoms with Gasteiger partial charge in [-0.1, -0.05) is 40.5 Å². The zero-order valence-corrected chi connectivity index (χ0v) is 12.0. The minimum atomic E-state index is -0.937. The number of carboxylic acid groups (broad SMARTS) is 1. The van der Waals surface area contributed by atoms with Crippen LogP contribution in [0.2, 0.25) is 0 Å². The van der Waals surface area contributed by atoms with E-state index in [2.05, 4.69) is 19.2 Å². The van der Waals surface area contributed by atoms with Gasteiger partial charge in [-0.2, -0.15) is 0 Å². The predicted octanol–water partition coefficient (Wildman–Crippen LogP) is 2.82. The standard InChI is InChI=1S/C14H27NO3/c1-5-6-7-12(14(17)18)15-13(16)9-11(4)8-10(2)3/h10-12H,5-9H2,1-4H3,(H,15,16)(H,17,18)/t11?,12-/m0/s1. The Labute approximate surface area is 110 Å². The van der Waals surface area contributed by atoms with Gasteiger partial charge in [0.1, 0.15) is 6.04 Å². The maximum atomic E-state index is 11.7. The zero-order valence-electron chi connectivity index (χ0n) is 12.0. The molecule has 0 aliphatic heterocycles. The van der Waals surface area contributed by atoms with Crippen LogP contribution in [0.25, 0.3) is 0 Å². The van der Waals surface area contributed by atoms with Gasteiger partial charge in [-0.05, 0) is 24.7 Å². The highest BCUT2D eigenvalue weighted by Gasteiger charge is 2.20. The van der Waals surface area contributed by atoms with Crippen molar-refractivity contribution < 1.29 is 14.7 Å². The van der Waals surface area contributed by atoms with Gasteiger partial charge in [-0.25, -0.2) is 4.79 Å². The SMILES string of the molecule is CCCC[C@H](NC(=O)CC(C)CC(C)C)C(=O)O. The third kappa shape index (κ3) is 8.09. The molecule has 0 aromatic heterocycles. The Balaban J connectivity index is 4.12. The van der Waals surface area contributed by atoms with E-state index in [0.29, 0.717) is 24.7 Å². The summed E-state index contributed by atoms with van der Waals surface area (Å²) in [5.74, 6) is -0.228. The van der Waals surface area contributed by atoms with Gasteiger partial charge in [0.05, 0.1) is 0 Å². The molecule has 0 radical (unpaired) electrons. The lowest BCUT2D eigenvalue weighted by Gasteiger charge is -2.17. The summed E-state index contributed by atoms with van der Waals surface area (Å²) in [6, 6.07) is -0.733. The summed E-state index contributed by atoms with van der Waals surface area (Å²) >= 11 is 0. The topological polar surface area (TPSA) is 66.4 Å². The quantitative estimate of drug-likeness (QED) is 0.667. The fourth-order valence-electron chi connectivity index (χ4n) is 2.12. The number of hydrogen-bond donors (Lipinski definition) is 2. The molecular formula is C14H27NO3. The number of unbranched alkanes of at least 4 members (excludes halogenated alkanes) is 1. The van der Waals surface area contributed by atoms with Gasteiger partial charge in [0.2, 0.25) is 5.91 Å². The highest BCUT2D eigenvalue weighted by Crippen LogP contribution is 2.14. The monoisotopic (exact) mass is 257 g/mol. The molecule has 0 saturated heterocycles. The van der Waals surface area contributed by atoms with Crippen LogP contribution in [0.3, 0.4) is 0 Å². The zero-order chi connectivity index (χ0) is 14.1. The van der Waals surface area contributed by atoms with E-state index in [1.807, 2.05) is 13.8 Å². The Morgan fingerprint density at radius 2 is 1.83 bits per heavy atom. The number of amides is 1. The molecule has 0 aliphatic rings. The molecule has 4 nitrogen and oxygen atoms in total. The molecule has 0 aromatic carbocycles. The molecule has 2 atom stereocenters. The third-order valence-corrected chi connectivity index (χ3v) is 2.89. The summed E-state index contributed by atoms with van der Waals surface area (Å²) in [5.41, 5.74) is 0. The molecule has 0 heterocycles. The molecule has 4 heteroatoms. The molecular weight excluding hydrogens is 230 g/mol. The van der Waals surface area contributed by atoms with Gasteiger partial charge in [-0.3, -0.25) is 4.79 Å². The number of hydrogen-bond acceptors (Lipinski definition) is 2. The van der Waals surface area contributed by atoms with E-state index in [9.17, 15) is 9.59 Å². The number of nitrogens with one attached hydrogen (secondary N) is 1. The molecule has 0 aliphatic carbocycles. The maximum absolute atomic E-state index is 11.7. The normalized spacial score (nSPS) is 14.3. The van der Waals surface area contributed by atoms with E-state index < -0.39 is 12.0 Å². The van der Waals surface area contributed by atoms with Crippen LogP contribution in [-0.4, -0.2) is 23.0 Å². The van der Waals surface area contributed by atoms with E-state index in [0.717, 1.165) is 19.3 Å². The second-order valence-corrected chi connectivity index (χ2v) is 5.54. The summed E-state index contributed by atoms with van der Waals surface area (Å²) in [6.45, 7) is 8.28. The van der Waals surface area contributed by atoms with E-state index >= 15 is 0 Å². The summed E-state index contributed by atoms with van der Waals surface area (Å²) < 4.78 is 0. The van der Waals surface area contributed by atoms with Crippen molar-refractivity contribution in [1.29, 1.82) is 0 Å². The molecule has 0 bridgehead atoms. The van der Waals surface area contributed by atoms with Gasteiger partial charge in [0, 0.05) is 6.42 Å². The highest BCUT2D eigenvalue weighted by atomic mass is 16.4. The van der Waals surface area contributed by atoms with E-state index in [1.165, 1.54) is 0 Å². The lowest BCUT2D eigenvalue weighted by Crippen LogP contribution is -2.41. The second kappa shape index (κ2) is 8.95. The number of carbonyl (C=O) groups is 2. The maximum Gasteiger partial charge on any atom is 0.326 e. The summed E-state index contributed by atoms with van der Waals surface area (Å²) in [4.78, 5) is 22.7. The minimum absolute atomic E-state index is 0.147. The summed E-state index contributed by atoms with van der Waals surface area (Å²) in [7, 11) is 0. The Morgan fingerprint density at radius 1 is 1.22 bits per heavy atom. The number of carboxylic acids is 1. The van der Waals surface area contributed by atoms with Gasteiger partial charge < -0.3 is 10.4 Å². The van der Waals surface area contributed by atoms with Crippen LogP contribution in [-0.2, 0) is 9.59 Å². The second-order valence-electron chi connectivity index (χ2n) is 5.54. The highest BCUT2D eigenvalue weighted by molar-refractivity contribution is 5.83. The molecule has 0 aromatic rings. The summed E-state index contributed by atoms with van der Waals surface area (Å²) in [5, 5.41) is 11.6. The fourth-order valence-corrected chi connectivity index (χ4v) is 2.12. The van der Waals surface area contributed by atoms with Crippen molar-refractivity contribution in [1.82, 2.24) is 5.32 Å². The predicted molar refractivity (Wildman–Crippen MR) is 72.3 cm³/mol. The average Bonchev–Trinajstić information content (AvgIpc) is 2.22. The molecule has 1 amide bonds. The Kier molecular flexibility index (Phi) is 8.42. The first-order chi connectivity index (χ1) is 8.36. The molecule has 0 saturated carbocycles. The van der Waals surface area contributed by atoms with E-state index in [4.69, 9.17) is 5.11 Å². The Bertz CT molecular complexity index is 264. The largest absolute Gasteiger partial charge is 0.480 e. The average molecular weight is 257 g/mol. The van der Waals surface area contributed by atoms with E-state index in [-0.39, 0.29) is 5.91 Å². The van der Waals surface area contributed by atoms with Crippen molar-refractivity contribution in [3.8, 4) is 0 Å². The molecule has 2 N–H and O–H groups in total. The van der Waals surface area contributed by atoms with E-state index in [1.54, 1.807) is 0 Å². The van der Waals surface area contributed by atoms with Gasteiger partial charge >= 0.3 is 5.97 Å². The summed E-state index contributed by atoms with van der Waals surface area (Å²) in [6.07, 6.45) is 3.66. The van der Waals surface area contributed by atoms with Crippen molar-refractivity contribution in [2.45, 2.75) is 65.8 Å². The molecule has 1 unspecified atom stereocenters. The van der Waals surface area contributed by atoms with Gasteiger partial charge in [0.15, 0.2) is 0 Å². The minimum Gasteiger partial charge on any atom is -0.480 e. The third-order valence-electron chi connectivity index (χ3n) is 2.89. The van der Waals surface area contributed by atoms with Crippen LogP contribution >= 0.6 is 0 Å². The first-order valence-corrected chi connectivity index (χ1v) is 6.88. The molecule has 18 heavy (non-hydrogen) atoms. The van der Waals surface area contributed by atoms with Crippen LogP contribution < -0.4 is 5.32 Å². The Morgan fingerprint density at radius 3 is 2.28 bits per heavy atom. The molecule has 0 spiro atoms. The Hall–Kier alpha value is -1.06. The number of aliphatic carboxylic acids is 1. The van der Waals surface area contributed by atoms with Crippen LogP contribution in [0.15, 0.2) is 0 Å². The molecule has 106 valence electrons. The van der Waals surface area contributed by atoms with Crippen molar-refractivity contribution in [2.75, 3.05) is 0 Å². The van der Waals surface area contributed by atoms with Gasteiger partial charge in [-0.15, -0.1) is 0 Å². The van der Waals surface area contributed by atoms with Gasteiger partial charge in [0.25, 0.3) is 0 Å². The van der Waals surface area contributed by atoms with Crippen LogP contribution in [0.4, 0.5) is 0 Å². The first kappa shape index (κ1) is 16.9. The molecule has 0 rings (SSSR count). The smallest absolute Gasteiger partial charge is 0.326 e.